The Labute approximate surface area is 128 Å². The maximum atomic E-state index is 6.18. The number of hydrogen-bond acceptors (Lipinski definition) is 1. The van der Waals surface area contributed by atoms with Gasteiger partial charge in [0.1, 0.15) is 0 Å². The molecule has 1 nitrogen and oxygen atoms in total. The van der Waals surface area contributed by atoms with Gasteiger partial charge in [0.2, 0.25) is 0 Å². The molecule has 0 fully saturated rings. The second kappa shape index (κ2) is 11.7. The Hall–Kier alpha value is 0.919. The molecule has 0 saturated heterocycles. The Kier molecular flexibility index (Phi) is 12.3. The van der Waals surface area contributed by atoms with Gasteiger partial charge in [-0.15, -0.1) is 0 Å². The van der Waals surface area contributed by atoms with Gasteiger partial charge < -0.3 is 0 Å². The second-order valence-corrected chi connectivity index (χ2v) is 17.7. The Morgan fingerprint density at radius 3 is 1.56 bits per heavy atom. The molecule has 0 aliphatic carbocycles. The number of halogens is 2. The third kappa shape index (κ3) is 8.92. The van der Waals surface area contributed by atoms with Crippen LogP contribution in [0.5, 0.6) is 0 Å². The van der Waals surface area contributed by atoms with E-state index in [1.165, 1.54) is 51.8 Å². The van der Waals surface area contributed by atoms with E-state index in [0.29, 0.717) is 0 Å². The summed E-state index contributed by atoms with van der Waals surface area (Å²) >= 11 is 8.95. The average molecular weight is 402 g/mol. The molecule has 0 N–H and O–H groups in total. The van der Waals surface area contributed by atoms with Crippen molar-refractivity contribution in [2.45, 2.75) is 72.6 Å². The summed E-state index contributed by atoms with van der Waals surface area (Å²) in [7, 11) is 0. The van der Waals surface area contributed by atoms with E-state index in [2.05, 4.69) is 20.8 Å². The predicted octanol–water partition coefficient (Wildman–Crippen LogP) is 6.63. The molecular weight excluding hydrogens is 374 g/mol. The Balaban J connectivity index is 4.67. The number of hydrogen-bond donors (Lipinski definition) is 0. The van der Waals surface area contributed by atoms with Gasteiger partial charge >= 0.3 is 128 Å². The maximum absolute atomic E-state index is 6.18. The molecule has 0 saturated carbocycles. The van der Waals surface area contributed by atoms with Crippen LogP contribution in [0, 0.1) is 0 Å². The van der Waals surface area contributed by atoms with Crippen molar-refractivity contribution in [3.63, 3.8) is 0 Å². The molecule has 18 heavy (non-hydrogen) atoms. The van der Waals surface area contributed by atoms with Gasteiger partial charge in [0.25, 0.3) is 0 Å². The summed E-state index contributed by atoms with van der Waals surface area (Å²) in [5.74, 6) is 0. The Bertz CT molecular complexity index is 206. The van der Waals surface area contributed by atoms with Crippen LogP contribution in [-0.4, -0.2) is 18.8 Å². The van der Waals surface area contributed by atoms with E-state index in [4.69, 9.17) is 26.3 Å². The van der Waals surface area contributed by atoms with Gasteiger partial charge in [-0.1, -0.05) is 0 Å². The third-order valence-electron chi connectivity index (χ3n) is 3.36. The molecule has 0 heterocycles. The van der Waals surface area contributed by atoms with E-state index in [0.717, 1.165) is 0 Å². The zero-order valence-electron chi connectivity index (χ0n) is 12.1. The van der Waals surface area contributed by atoms with Crippen LogP contribution < -0.4 is 0 Å². The first-order valence-electron chi connectivity index (χ1n) is 7.29. The Morgan fingerprint density at radius 1 is 0.889 bits per heavy atom. The summed E-state index contributed by atoms with van der Waals surface area (Å²) in [6.45, 7) is 6.75. The van der Waals surface area contributed by atoms with Crippen molar-refractivity contribution in [2.75, 3.05) is 0 Å². The van der Waals surface area contributed by atoms with Crippen molar-refractivity contribution in [2.24, 2.45) is 0 Å². The van der Waals surface area contributed by atoms with Gasteiger partial charge in [-0.05, 0) is 0 Å². The van der Waals surface area contributed by atoms with Crippen LogP contribution in [0.4, 0.5) is 0 Å². The van der Waals surface area contributed by atoms with Gasteiger partial charge in [0, 0.05) is 0 Å². The quantitative estimate of drug-likeness (QED) is 0.279. The summed E-state index contributed by atoms with van der Waals surface area (Å²) in [4.78, 5) is 0. The molecule has 0 spiro atoms. The van der Waals surface area contributed by atoms with Crippen LogP contribution in [0.2, 0.25) is 13.3 Å². The second-order valence-electron chi connectivity index (χ2n) is 5.02. The minimum absolute atomic E-state index is 0.264. The van der Waals surface area contributed by atoms with Crippen LogP contribution in [0.1, 0.15) is 59.3 Å². The predicted molar refractivity (Wildman–Crippen MR) is 85.8 cm³/mol. The molecule has 0 atom stereocenters. The van der Waals surface area contributed by atoms with Gasteiger partial charge in [-0.3, -0.25) is 0 Å². The summed E-state index contributed by atoms with van der Waals surface area (Å²) < 4.78 is 10.4. The van der Waals surface area contributed by atoms with Crippen molar-refractivity contribution in [3.8, 4) is 0 Å². The van der Waals surface area contributed by atoms with E-state index in [1.807, 2.05) is 0 Å². The van der Waals surface area contributed by atoms with Crippen molar-refractivity contribution in [1.29, 1.82) is 0 Å². The zero-order valence-corrected chi connectivity index (χ0v) is 16.5. The van der Waals surface area contributed by atoms with Gasteiger partial charge in [0.05, 0.1) is 0 Å². The summed E-state index contributed by atoms with van der Waals surface area (Å²) in [6.07, 6.45) is 9.22. The van der Waals surface area contributed by atoms with Crippen LogP contribution in [0.3, 0.4) is 0 Å². The van der Waals surface area contributed by atoms with Gasteiger partial charge in [-0.2, -0.15) is 0 Å². The molecule has 0 rings (SSSR count). The summed E-state index contributed by atoms with van der Waals surface area (Å²) in [5, 5.41) is 0. The van der Waals surface area contributed by atoms with E-state index in [1.54, 1.807) is 6.26 Å². The molecule has 0 aliphatic rings. The molecule has 0 unspecified atom stereocenters. The molecule has 0 aromatic heterocycles. The molecule has 4 heteroatoms. The molecule has 0 amide bonds. The van der Waals surface area contributed by atoms with E-state index in [-0.39, 0.29) is 4.49 Å². The minimum atomic E-state index is -2.49. The van der Waals surface area contributed by atoms with E-state index >= 15 is 0 Å². The molecule has 0 aromatic carbocycles. The van der Waals surface area contributed by atoms with E-state index in [9.17, 15) is 0 Å². The van der Waals surface area contributed by atoms with Crippen molar-refractivity contribution >= 4 is 42.0 Å². The van der Waals surface area contributed by atoms with Crippen LogP contribution >= 0.6 is 23.2 Å². The fourth-order valence-electron chi connectivity index (χ4n) is 2.22. The normalized spacial score (nSPS) is 11.4. The third-order valence-corrected chi connectivity index (χ3v) is 16.1. The van der Waals surface area contributed by atoms with Crippen molar-refractivity contribution < 1.29 is 3.07 Å². The standard InChI is InChI=1S/3C4H9.C2H2Cl2O.Sn/c3*1-3-4-2;3-2(4)1-5;/h3*1,3-4H2,2H3;1,5H;/q;;;;+1/p-1. The first kappa shape index (κ1) is 18.9. The first-order valence-corrected chi connectivity index (χ1v) is 15.3. The molecule has 108 valence electrons. The molecule has 0 bridgehead atoms. The SMILES string of the molecule is CCC[CH2][Sn]([CH2]CCC)([CH2]CCC)[O]C=C(Cl)Cl. The fraction of sp³-hybridized carbons (Fsp3) is 0.857. The zero-order chi connectivity index (χ0) is 13.9. The van der Waals surface area contributed by atoms with Gasteiger partial charge in [-0.25, -0.2) is 0 Å². The average Bonchev–Trinajstić information content (AvgIpc) is 2.37. The Morgan fingerprint density at radius 2 is 1.28 bits per heavy atom. The number of unbranched alkanes of at least 4 members (excludes halogenated alkanes) is 3. The van der Waals surface area contributed by atoms with E-state index < -0.39 is 18.8 Å². The van der Waals surface area contributed by atoms with Crippen LogP contribution in [0.15, 0.2) is 10.8 Å². The molecule has 0 aromatic rings. The monoisotopic (exact) mass is 402 g/mol. The van der Waals surface area contributed by atoms with Crippen LogP contribution in [0.25, 0.3) is 0 Å². The van der Waals surface area contributed by atoms with Crippen molar-refractivity contribution in [1.82, 2.24) is 0 Å². The summed E-state index contributed by atoms with van der Waals surface area (Å²) in [5.41, 5.74) is 0. The molecule has 0 radical (unpaired) electrons. The topological polar surface area (TPSA) is 9.23 Å². The molecule has 0 aliphatic heterocycles. The van der Waals surface area contributed by atoms with Gasteiger partial charge in [0.15, 0.2) is 0 Å². The first-order chi connectivity index (χ1) is 8.60. The summed E-state index contributed by atoms with van der Waals surface area (Å²) in [6, 6.07) is 0. The molecular formula is C14H28Cl2OSn. The fourth-order valence-corrected chi connectivity index (χ4v) is 15.5. The van der Waals surface area contributed by atoms with Crippen molar-refractivity contribution in [3.05, 3.63) is 10.8 Å². The van der Waals surface area contributed by atoms with Crippen LogP contribution in [-0.2, 0) is 3.07 Å². The number of rotatable bonds is 11.